The zero-order valence-corrected chi connectivity index (χ0v) is 18.8. The van der Waals surface area contributed by atoms with Crippen LogP contribution in [-0.2, 0) is 15.7 Å². The van der Waals surface area contributed by atoms with Crippen molar-refractivity contribution in [2.75, 3.05) is 37.6 Å². The predicted octanol–water partition coefficient (Wildman–Crippen LogP) is 2.98. The van der Waals surface area contributed by atoms with Gasteiger partial charge in [0.15, 0.2) is 0 Å². The molecule has 4 saturated carbocycles. The van der Waals surface area contributed by atoms with Crippen LogP contribution in [0, 0.1) is 17.8 Å². The van der Waals surface area contributed by atoms with E-state index in [4.69, 9.17) is 9.84 Å². The summed E-state index contributed by atoms with van der Waals surface area (Å²) in [6.07, 6.45) is -0.606. The normalized spacial score (nSPS) is 33.1. The fourth-order valence-corrected chi connectivity index (χ4v) is 6.81. The molecule has 0 aromatic carbocycles. The van der Waals surface area contributed by atoms with Crippen molar-refractivity contribution in [2.45, 2.75) is 49.9 Å². The number of nitrogens with one attached hydrogen (secondary N) is 1. The number of hydrogen-bond acceptors (Lipinski definition) is 6. The molecular weight excluding hydrogens is 453 g/mol. The molecule has 2 heterocycles. The summed E-state index contributed by atoms with van der Waals surface area (Å²) >= 11 is 0. The summed E-state index contributed by atoms with van der Waals surface area (Å²) in [7, 11) is 0. The Morgan fingerprint density at radius 3 is 2.35 bits per heavy atom. The van der Waals surface area contributed by atoms with Gasteiger partial charge in [-0.25, -0.2) is 9.78 Å². The Hall–Kier alpha value is -2.56. The van der Waals surface area contributed by atoms with Gasteiger partial charge in [-0.05, 0) is 62.0 Å². The second-order valence-corrected chi connectivity index (χ2v) is 10.3. The van der Waals surface area contributed by atoms with Gasteiger partial charge in [0, 0.05) is 38.4 Å². The van der Waals surface area contributed by atoms with Crippen molar-refractivity contribution < 1.29 is 32.6 Å². The average molecular weight is 483 g/mol. The lowest BCUT2D eigenvalue weighted by Gasteiger charge is -2.58. The molecule has 2 N–H and O–H groups in total. The fraction of sp³-hybridized carbons (Fsp3) is 0.696. The molecule has 1 saturated heterocycles. The molecule has 1 aliphatic heterocycles. The highest BCUT2D eigenvalue weighted by atomic mass is 19.4. The van der Waals surface area contributed by atoms with E-state index in [2.05, 4.69) is 10.3 Å². The van der Waals surface area contributed by atoms with Crippen LogP contribution in [0.2, 0.25) is 0 Å². The summed E-state index contributed by atoms with van der Waals surface area (Å²) in [5.41, 5.74) is -1.34. The summed E-state index contributed by atoms with van der Waals surface area (Å²) in [4.78, 5) is 31.9. The van der Waals surface area contributed by atoms with Gasteiger partial charge >= 0.3 is 12.3 Å². The monoisotopic (exact) mass is 482 g/mol. The van der Waals surface area contributed by atoms with Crippen molar-refractivity contribution in [3.63, 3.8) is 0 Å². The number of anilines is 1. The molecule has 6 rings (SSSR count). The van der Waals surface area contributed by atoms with Gasteiger partial charge in [-0.15, -0.1) is 0 Å². The van der Waals surface area contributed by atoms with E-state index in [-0.39, 0.29) is 30.3 Å². The lowest BCUT2D eigenvalue weighted by Crippen LogP contribution is -2.63. The molecule has 11 heteroatoms. The van der Waals surface area contributed by atoms with E-state index in [9.17, 15) is 22.8 Å². The molecule has 1 aromatic rings. The summed E-state index contributed by atoms with van der Waals surface area (Å²) in [5.74, 6) is 1.43. The molecule has 34 heavy (non-hydrogen) atoms. The van der Waals surface area contributed by atoms with Crippen molar-refractivity contribution in [2.24, 2.45) is 17.8 Å². The molecule has 5 fully saturated rings. The van der Waals surface area contributed by atoms with Crippen LogP contribution in [0.1, 0.15) is 37.7 Å². The first kappa shape index (κ1) is 23.2. The number of aromatic nitrogens is 1. The Kier molecular flexibility index (Phi) is 5.86. The molecule has 0 radical (unpaired) electrons. The van der Waals surface area contributed by atoms with Crippen LogP contribution >= 0.6 is 0 Å². The maximum Gasteiger partial charge on any atom is 0.506 e. The van der Waals surface area contributed by atoms with Crippen LogP contribution in [0.3, 0.4) is 0 Å². The molecule has 0 spiro atoms. The summed E-state index contributed by atoms with van der Waals surface area (Å²) in [6.45, 7) is 2.66. The second kappa shape index (κ2) is 8.58. The van der Waals surface area contributed by atoms with Crippen molar-refractivity contribution in [1.29, 1.82) is 0 Å². The third-order valence-electron chi connectivity index (χ3n) is 7.99. The number of nitrogens with zero attached hydrogens (tertiary/aromatic N) is 3. The zero-order chi connectivity index (χ0) is 24.1. The van der Waals surface area contributed by atoms with Crippen LogP contribution in [0.15, 0.2) is 18.3 Å². The van der Waals surface area contributed by atoms with Gasteiger partial charge in [0.25, 0.3) is 0 Å². The van der Waals surface area contributed by atoms with E-state index < -0.39 is 23.5 Å². The number of rotatable bonds is 5. The number of piperazine rings is 1. The molecule has 4 bridgehead atoms. The number of pyridine rings is 1. The van der Waals surface area contributed by atoms with Crippen molar-refractivity contribution in [1.82, 2.24) is 15.2 Å². The van der Waals surface area contributed by atoms with Gasteiger partial charge in [0.05, 0.1) is 12.1 Å². The number of hydrogen-bond donors (Lipinski definition) is 2. The Morgan fingerprint density at radius 2 is 1.79 bits per heavy atom. The number of halogens is 3. The maximum absolute atomic E-state index is 12.8. The standard InChI is InChI=1S/C23H29F3N4O4/c24-23(25,26)17-1-2-18(27-12-17)30-5-3-29(4-6-30)13-19(31)28-20-15-7-14-8-16(20)11-22(9-14,10-15)34-21(32)33/h1-2,12,14-16,20H,3-11,13H2,(H,28,31)(H,32,33). The first-order valence-electron chi connectivity index (χ1n) is 11.8. The minimum atomic E-state index is -4.40. The highest BCUT2D eigenvalue weighted by molar-refractivity contribution is 5.78. The van der Waals surface area contributed by atoms with Crippen LogP contribution in [-0.4, -0.2) is 71.4 Å². The zero-order valence-electron chi connectivity index (χ0n) is 18.8. The Balaban J connectivity index is 1.11. The van der Waals surface area contributed by atoms with Gasteiger partial charge in [-0.3, -0.25) is 9.69 Å². The number of carbonyl (C=O) groups is 2. The van der Waals surface area contributed by atoms with Crippen LogP contribution in [0.4, 0.5) is 23.8 Å². The summed E-state index contributed by atoms with van der Waals surface area (Å²) in [6, 6.07) is 2.49. The Bertz CT molecular complexity index is 917. The summed E-state index contributed by atoms with van der Waals surface area (Å²) < 4.78 is 43.5. The number of carboxylic acid groups (broad SMARTS) is 1. The molecule has 1 aromatic heterocycles. The average Bonchev–Trinajstić information content (AvgIpc) is 2.75. The molecule has 8 nitrogen and oxygen atoms in total. The predicted molar refractivity (Wildman–Crippen MR) is 115 cm³/mol. The SMILES string of the molecule is O=C(CN1CCN(c2ccc(C(F)(F)F)cn2)CC1)NC1C2CC3CC1CC(OC(=O)O)(C3)C2. The fourth-order valence-electron chi connectivity index (χ4n) is 6.81. The van der Waals surface area contributed by atoms with E-state index in [0.717, 1.165) is 31.5 Å². The van der Waals surface area contributed by atoms with E-state index in [1.165, 1.54) is 6.07 Å². The molecule has 1 amide bonds. The smallest absolute Gasteiger partial charge is 0.450 e. The molecule has 2 atom stereocenters. The van der Waals surface area contributed by atoms with Crippen molar-refractivity contribution >= 4 is 17.9 Å². The Morgan fingerprint density at radius 1 is 1.12 bits per heavy atom. The van der Waals surface area contributed by atoms with Crippen LogP contribution in [0.5, 0.6) is 0 Å². The molecule has 186 valence electrons. The van der Waals surface area contributed by atoms with Crippen LogP contribution < -0.4 is 10.2 Å². The third-order valence-corrected chi connectivity index (χ3v) is 7.99. The number of carbonyl (C=O) groups excluding carboxylic acids is 1. The van der Waals surface area contributed by atoms with Gasteiger partial charge in [0.1, 0.15) is 11.4 Å². The lowest BCUT2D eigenvalue weighted by molar-refractivity contribution is -0.154. The Labute approximate surface area is 195 Å². The first-order chi connectivity index (χ1) is 16.1. The molecular formula is C23H29F3N4O4. The second-order valence-electron chi connectivity index (χ2n) is 10.3. The molecule has 4 aliphatic carbocycles. The molecule has 5 aliphatic rings. The molecule has 2 unspecified atom stereocenters. The number of ether oxygens (including phenoxy) is 1. The van der Waals surface area contributed by atoms with Crippen LogP contribution in [0.25, 0.3) is 0 Å². The maximum atomic E-state index is 12.8. The summed E-state index contributed by atoms with van der Waals surface area (Å²) in [5, 5.41) is 12.4. The van der Waals surface area contributed by atoms with Crippen molar-refractivity contribution in [3.8, 4) is 0 Å². The quantitative estimate of drug-likeness (QED) is 0.623. The minimum Gasteiger partial charge on any atom is -0.450 e. The van der Waals surface area contributed by atoms with Gasteiger partial charge < -0.3 is 20.1 Å². The van der Waals surface area contributed by atoms with Gasteiger partial charge in [0.2, 0.25) is 5.91 Å². The largest absolute Gasteiger partial charge is 0.506 e. The highest BCUT2D eigenvalue weighted by Gasteiger charge is 2.57. The third kappa shape index (κ3) is 4.67. The highest BCUT2D eigenvalue weighted by Crippen LogP contribution is 2.57. The van der Waals surface area contributed by atoms with Crippen molar-refractivity contribution in [3.05, 3.63) is 23.9 Å². The number of alkyl halides is 3. The van der Waals surface area contributed by atoms with E-state index in [1.54, 1.807) is 0 Å². The lowest BCUT2D eigenvalue weighted by atomic mass is 9.52. The van der Waals surface area contributed by atoms with E-state index in [0.29, 0.717) is 50.8 Å². The minimum absolute atomic E-state index is 0.0354. The van der Waals surface area contributed by atoms with Gasteiger partial charge in [-0.2, -0.15) is 13.2 Å². The number of amides is 1. The van der Waals surface area contributed by atoms with E-state index in [1.807, 2.05) is 9.80 Å². The first-order valence-corrected chi connectivity index (χ1v) is 11.8. The van der Waals surface area contributed by atoms with E-state index >= 15 is 0 Å². The van der Waals surface area contributed by atoms with Gasteiger partial charge in [-0.1, -0.05) is 0 Å². The topological polar surface area (TPSA) is 95.0 Å².